The number of ether oxygens (including phenoxy) is 1. The van der Waals surface area contributed by atoms with Crippen LogP contribution in [0.3, 0.4) is 0 Å². The summed E-state index contributed by atoms with van der Waals surface area (Å²) >= 11 is 0. The van der Waals surface area contributed by atoms with Crippen molar-refractivity contribution >= 4 is 70.0 Å². The number of allylic oxidation sites excluding steroid dienone is 1. The number of cyclic esters (lactones) is 1. The van der Waals surface area contributed by atoms with E-state index in [1.54, 1.807) is 68.4 Å². The summed E-state index contributed by atoms with van der Waals surface area (Å²) in [7, 11) is 0. The molecule has 468 valence electrons. The number of hydrogen-bond acceptors (Lipinski definition) is 18. The lowest BCUT2D eigenvalue weighted by molar-refractivity contribution is -0.160. The van der Waals surface area contributed by atoms with Crippen molar-refractivity contribution in [2.75, 3.05) is 19.8 Å². The minimum atomic E-state index is -2.02. The van der Waals surface area contributed by atoms with Crippen LogP contribution in [0.15, 0.2) is 72.6 Å². The van der Waals surface area contributed by atoms with Crippen molar-refractivity contribution in [3.8, 4) is 0 Å². The number of rotatable bonds is 17. The predicted molar refractivity (Wildman–Crippen MR) is 308 cm³/mol. The molecule has 2 aromatic carbocycles. The second-order valence-corrected chi connectivity index (χ2v) is 21.6. The van der Waals surface area contributed by atoms with Crippen LogP contribution < -0.4 is 59.3 Å². The highest BCUT2D eigenvalue weighted by molar-refractivity contribution is 6.03. The number of benzene rings is 2. The van der Waals surface area contributed by atoms with E-state index in [2.05, 4.69) is 52.8 Å². The zero-order valence-corrected chi connectivity index (χ0v) is 48.9. The minimum Gasteiger partial charge on any atom is -0.458 e. The van der Waals surface area contributed by atoms with Gasteiger partial charge in [0.25, 0.3) is 5.91 Å². The number of carbonyl (C=O) groups excluding carboxylic acids is 10. The molecule has 28 nitrogen and oxygen atoms in total. The number of H-pyrrole nitrogens is 1. The Kier molecular flexibility index (Phi) is 27.0. The number of hydrogen-bond donors (Lipinski definition) is 17. The number of para-hydroxylation sites is 1. The molecule has 85 heavy (non-hydrogen) atoms. The number of aromatic amines is 1. The van der Waals surface area contributed by atoms with Crippen LogP contribution in [0.2, 0.25) is 0 Å². The Morgan fingerprint density at radius 3 is 1.81 bits per heavy atom. The molecule has 4 rings (SSSR count). The Morgan fingerprint density at radius 2 is 1.24 bits per heavy atom. The molecule has 2 heterocycles. The fraction of sp³-hybridized carbons (Fsp3) is 0.544. The van der Waals surface area contributed by atoms with Crippen LogP contribution in [0, 0.1) is 17.8 Å². The standard InChI is InChI=1S/C57H84N12O16/c1-9-29(7)40(59)52(79)69-44-47(28(5)6)85-57(84)37(23-31-17-12-11-13-18-31)63-49(76)36(21-16-22-58)62-55(82)43(46(74)33-24-60-35-20-15-14-19-32(33)35)68-50(77)38(25-70)64-48(75)34(10-2)61-54(81)42(45(73)27(3)4)67-51(78)39(26-71)65-53(80)41(30(8)72)66-56(44)83/h10-15,17-20,24,27-30,36-47,60,70-74H,9,16,21-23,25-26,58-59H2,1-8H3,(H,61,81)(H,62,82)(H,63,76)(H,64,75)(H,65,80)(H,66,83)(H,67,78)(H,68,77)(H,69,79)/b34-10-. The van der Waals surface area contributed by atoms with E-state index in [0.29, 0.717) is 22.9 Å². The fourth-order valence-corrected chi connectivity index (χ4v) is 9.04. The van der Waals surface area contributed by atoms with Crippen LogP contribution in [-0.4, -0.2) is 182 Å². The first-order valence-electron chi connectivity index (χ1n) is 28.2. The fourth-order valence-electron chi connectivity index (χ4n) is 9.04. The summed E-state index contributed by atoms with van der Waals surface area (Å²) in [6.07, 6.45) is -4.66. The molecule has 1 aliphatic heterocycles. The maximum atomic E-state index is 14.8. The average molecular weight is 1190 g/mol. The van der Waals surface area contributed by atoms with Crippen molar-refractivity contribution in [2.45, 2.75) is 160 Å². The topological polar surface area (TPSA) is 457 Å². The largest absolute Gasteiger partial charge is 0.458 e. The highest BCUT2D eigenvalue weighted by atomic mass is 16.5. The van der Waals surface area contributed by atoms with Gasteiger partial charge in [0.15, 0.2) is 0 Å². The van der Waals surface area contributed by atoms with Crippen molar-refractivity contribution in [3.05, 3.63) is 83.7 Å². The highest BCUT2D eigenvalue weighted by Crippen LogP contribution is 2.27. The van der Waals surface area contributed by atoms with Crippen LogP contribution in [0.4, 0.5) is 0 Å². The Balaban J connectivity index is 1.95. The third-order valence-corrected chi connectivity index (χ3v) is 14.5. The van der Waals surface area contributed by atoms with Gasteiger partial charge in [-0.15, -0.1) is 0 Å². The summed E-state index contributed by atoms with van der Waals surface area (Å²) in [6, 6.07) is -1.37. The van der Waals surface area contributed by atoms with Crippen molar-refractivity contribution < 1.29 is 78.2 Å². The number of carbonyl (C=O) groups is 10. The normalized spacial score (nSPS) is 25.7. The molecule has 0 saturated carbocycles. The zero-order valence-electron chi connectivity index (χ0n) is 48.9. The van der Waals surface area contributed by atoms with Gasteiger partial charge in [0.1, 0.15) is 66.2 Å². The average Bonchev–Trinajstić information content (AvgIpc) is 3.29. The molecular weight excluding hydrogens is 1110 g/mol. The Bertz CT molecular complexity index is 2830. The van der Waals surface area contributed by atoms with Crippen LogP contribution in [0.5, 0.6) is 0 Å². The van der Waals surface area contributed by atoms with Gasteiger partial charge in [0.2, 0.25) is 47.3 Å². The monoisotopic (exact) mass is 1190 g/mol. The summed E-state index contributed by atoms with van der Waals surface area (Å²) in [5.74, 6) is -14.0. The van der Waals surface area contributed by atoms with E-state index in [9.17, 15) is 73.5 Å². The molecule has 0 bridgehead atoms. The van der Waals surface area contributed by atoms with Gasteiger partial charge in [-0.1, -0.05) is 103 Å². The molecule has 1 fully saturated rings. The van der Waals surface area contributed by atoms with E-state index in [0.717, 1.165) is 13.0 Å². The van der Waals surface area contributed by atoms with E-state index in [1.165, 1.54) is 40.8 Å². The van der Waals surface area contributed by atoms with Gasteiger partial charge < -0.3 is 94.6 Å². The minimum absolute atomic E-state index is 0.0150. The van der Waals surface area contributed by atoms with Gasteiger partial charge in [-0.05, 0) is 62.6 Å². The molecule has 14 atom stereocenters. The van der Waals surface area contributed by atoms with Crippen LogP contribution in [0.25, 0.3) is 10.9 Å². The van der Waals surface area contributed by atoms with Crippen molar-refractivity contribution in [3.63, 3.8) is 0 Å². The summed E-state index contributed by atoms with van der Waals surface area (Å²) in [5.41, 5.74) is 12.7. The maximum absolute atomic E-state index is 14.8. The third-order valence-electron chi connectivity index (χ3n) is 14.5. The lowest BCUT2D eigenvalue weighted by atomic mass is 9.95. The molecule has 1 aliphatic rings. The van der Waals surface area contributed by atoms with Gasteiger partial charge in [0.05, 0.1) is 31.5 Å². The second-order valence-electron chi connectivity index (χ2n) is 21.6. The Labute approximate surface area is 492 Å². The molecule has 1 aromatic heterocycles. The number of aliphatic hydroxyl groups excluding tert-OH is 5. The number of nitrogens with one attached hydrogen (secondary N) is 10. The van der Waals surface area contributed by atoms with Crippen LogP contribution in [0.1, 0.15) is 91.9 Å². The van der Waals surface area contributed by atoms with Crippen LogP contribution in [-0.2, 0) is 59.1 Å². The van der Waals surface area contributed by atoms with Gasteiger partial charge in [0, 0.05) is 29.1 Å². The first-order chi connectivity index (χ1) is 40.2. The Hall–Kier alpha value is -7.86. The van der Waals surface area contributed by atoms with E-state index in [-0.39, 0.29) is 31.4 Å². The van der Waals surface area contributed by atoms with E-state index in [4.69, 9.17) is 16.2 Å². The molecule has 0 spiro atoms. The summed E-state index contributed by atoms with van der Waals surface area (Å²) < 4.78 is 6.10. The first kappa shape index (κ1) is 69.6. The lowest BCUT2D eigenvalue weighted by Gasteiger charge is -2.34. The SMILES string of the molecule is C/C=C1\NC(=O)C(C(O)C(C)C)NC(=O)C(CO)NC(=O)C(C(C)O)NC(=O)C(NC(=O)C(N)C(C)CC)C(C(C)C)OC(=O)C(Cc2ccccc2)NC(=O)C(CCCN)NC(=O)C(C(O)c2c[nH]c3ccccc23)NC(=O)C(CO)NC1=O. The number of fused-ring (bicyclic) bond motifs is 1. The smallest absolute Gasteiger partial charge is 0.329 e. The van der Waals surface area contributed by atoms with Crippen molar-refractivity contribution in [1.82, 2.24) is 52.8 Å². The maximum Gasteiger partial charge on any atom is 0.329 e. The quantitative estimate of drug-likeness (QED) is 0.0459. The number of amides is 9. The van der Waals surface area contributed by atoms with Gasteiger partial charge in [-0.2, -0.15) is 0 Å². The van der Waals surface area contributed by atoms with Crippen LogP contribution >= 0.6 is 0 Å². The molecule has 19 N–H and O–H groups in total. The van der Waals surface area contributed by atoms with E-state index < -0.39 is 175 Å². The third kappa shape index (κ3) is 19.1. The number of nitrogens with two attached hydrogens (primary N) is 2. The number of aliphatic hydroxyl groups is 5. The molecule has 28 heteroatoms. The van der Waals surface area contributed by atoms with E-state index in [1.807, 2.05) is 0 Å². The van der Waals surface area contributed by atoms with Gasteiger partial charge >= 0.3 is 5.97 Å². The summed E-state index contributed by atoms with van der Waals surface area (Å²) in [4.78, 5) is 146. The number of aromatic nitrogens is 1. The summed E-state index contributed by atoms with van der Waals surface area (Å²) in [6.45, 7) is 9.46. The van der Waals surface area contributed by atoms with Crippen molar-refractivity contribution in [2.24, 2.45) is 29.2 Å². The van der Waals surface area contributed by atoms with E-state index >= 15 is 0 Å². The van der Waals surface area contributed by atoms with Crippen molar-refractivity contribution in [1.29, 1.82) is 0 Å². The van der Waals surface area contributed by atoms with Gasteiger partial charge in [-0.3, -0.25) is 43.2 Å². The second kappa shape index (κ2) is 33.0. The Morgan fingerprint density at radius 1 is 0.682 bits per heavy atom. The number of esters is 1. The summed E-state index contributed by atoms with van der Waals surface area (Å²) in [5, 5.41) is 77.1. The zero-order chi connectivity index (χ0) is 63.4. The molecule has 9 amide bonds. The van der Waals surface area contributed by atoms with Gasteiger partial charge in [-0.25, -0.2) is 4.79 Å². The predicted octanol–water partition coefficient (Wildman–Crippen LogP) is -3.58. The molecule has 1 saturated heterocycles. The molecule has 3 aromatic rings. The highest BCUT2D eigenvalue weighted by Gasteiger charge is 2.43. The lowest BCUT2D eigenvalue weighted by Crippen LogP contribution is -2.65. The first-order valence-corrected chi connectivity index (χ1v) is 28.2. The molecule has 14 unspecified atom stereocenters. The molecule has 0 radical (unpaired) electrons. The molecule has 0 aliphatic carbocycles. The molecular formula is C57H84N12O16.